The Bertz CT molecular complexity index is 947. The summed E-state index contributed by atoms with van der Waals surface area (Å²) in [6, 6.07) is 4.14. The molecule has 4 rings (SSSR count). The summed E-state index contributed by atoms with van der Waals surface area (Å²) < 4.78 is 18.7. The van der Waals surface area contributed by atoms with Gasteiger partial charge in [0.05, 0.1) is 5.69 Å². The fourth-order valence-electron chi connectivity index (χ4n) is 4.25. The molecule has 29 heavy (non-hydrogen) atoms. The van der Waals surface area contributed by atoms with Crippen molar-refractivity contribution in [3.63, 3.8) is 0 Å². The van der Waals surface area contributed by atoms with Crippen LogP contribution in [0.5, 0.6) is 0 Å². The van der Waals surface area contributed by atoms with Crippen molar-refractivity contribution in [1.82, 2.24) is 15.4 Å². The van der Waals surface area contributed by atoms with Crippen LogP contribution in [0.2, 0.25) is 0 Å². The zero-order valence-electron chi connectivity index (χ0n) is 16.7. The molecule has 0 unspecified atom stereocenters. The number of halogens is 1. The number of urea groups is 1. The average Bonchev–Trinajstić information content (AvgIpc) is 3.07. The van der Waals surface area contributed by atoms with Gasteiger partial charge in [-0.1, -0.05) is 12.1 Å². The molecule has 3 heterocycles. The summed E-state index contributed by atoms with van der Waals surface area (Å²) in [5, 5.41) is 10.4. The molecule has 7 nitrogen and oxygen atoms in total. The van der Waals surface area contributed by atoms with Crippen molar-refractivity contribution in [1.29, 1.82) is 0 Å². The van der Waals surface area contributed by atoms with Gasteiger partial charge in [0, 0.05) is 48.4 Å². The van der Waals surface area contributed by atoms with E-state index in [9.17, 15) is 14.0 Å². The van der Waals surface area contributed by atoms with E-state index in [1.54, 1.807) is 11.0 Å². The highest BCUT2D eigenvalue weighted by atomic mass is 19.1. The number of ketones is 1. The lowest BCUT2D eigenvalue weighted by molar-refractivity contribution is 0.0915. The number of benzene rings is 1. The molecule has 154 valence electrons. The van der Waals surface area contributed by atoms with Crippen LogP contribution in [0.25, 0.3) is 0 Å². The standard InChI is InChI=1S/C21H25FN4O3/c1-3-17-16(13(2)29-25-17)12-23-20(28)26-8-6-21(7-9-26)11-19(27)15-10-14(22)4-5-18(15)24-21/h4-5,10,24H,3,6-9,11-12H2,1-2H3,(H,23,28). The largest absolute Gasteiger partial charge is 0.378 e. The van der Waals surface area contributed by atoms with Gasteiger partial charge in [-0.05, 0) is 44.4 Å². The molecule has 2 aromatic rings. The number of amides is 2. The Hall–Kier alpha value is -2.90. The molecule has 0 radical (unpaired) electrons. The summed E-state index contributed by atoms with van der Waals surface area (Å²) in [5.41, 5.74) is 2.50. The highest BCUT2D eigenvalue weighted by molar-refractivity contribution is 6.04. The monoisotopic (exact) mass is 400 g/mol. The number of rotatable bonds is 3. The van der Waals surface area contributed by atoms with Crippen molar-refractivity contribution in [2.45, 2.75) is 51.6 Å². The Morgan fingerprint density at radius 1 is 1.38 bits per heavy atom. The predicted octanol–water partition coefficient (Wildman–Crippen LogP) is 3.43. The lowest BCUT2D eigenvalue weighted by atomic mass is 9.78. The van der Waals surface area contributed by atoms with Gasteiger partial charge in [0.2, 0.25) is 0 Å². The highest BCUT2D eigenvalue weighted by Crippen LogP contribution is 2.37. The predicted molar refractivity (Wildman–Crippen MR) is 105 cm³/mol. The number of hydrogen-bond donors (Lipinski definition) is 2. The first-order valence-corrected chi connectivity index (χ1v) is 9.98. The van der Waals surface area contributed by atoms with Gasteiger partial charge in [-0.2, -0.15) is 0 Å². The Balaban J connectivity index is 1.37. The minimum atomic E-state index is -0.407. The number of nitrogens with one attached hydrogen (secondary N) is 2. The number of fused-ring (bicyclic) bond motifs is 1. The smallest absolute Gasteiger partial charge is 0.317 e. The second kappa shape index (κ2) is 7.50. The third-order valence-corrected chi connectivity index (χ3v) is 6.01. The number of Topliss-reactive ketones (excluding diaryl/α,β-unsaturated/α-hetero) is 1. The summed E-state index contributed by atoms with van der Waals surface area (Å²) in [6.45, 7) is 5.32. The SMILES string of the molecule is CCc1noc(C)c1CNC(=O)N1CCC2(CC1)CC(=O)c1cc(F)ccc1N2. The van der Waals surface area contributed by atoms with Gasteiger partial charge in [-0.15, -0.1) is 0 Å². The normalized spacial score (nSPS) is 17.8. The lowest BCUT2D eigenvalue weighted by Crippen LogP contribution is -2.55. The third-order valence-electron chi connectivity index (χ3n) is 6.01. The van der Waals surface area contributed by atoms with Gasteiger partial charge in [0.15, 0.2) is 5.78 Å². The van der Waals surface area contributed by atoms with Crippen molar-refractivity contribution < 1.29 is 18.5 Å². The lowest BCUT2D eigenvalue weighted by Gasteiger charge is -2.45. The second-order valence-corrected chi connectivity index (χ2v) is 7.86. The number of anilines is 1. The molecule has 1 aromatic carbocycles. The maximum absolute atomic E-state index is 13.4. The molecule has 1 saturated heterocycles. The van der Waals surface area contributed by atoms with Crippen molar-refractivity contribution in [3.05, 3.63) is 46.6 Å². The van der Waals surface area contributed by atoms with E-state index in [1.165, 1.54) is 12.1 Å². The van der Waals surface area contributed by atoms with Gasteiger partial charge in [-0.25, -0.2) is 9.18 Å². The number of aromatic nitrogens is 1. The molecule has 2 N–H and O–H groups in total. The first-order valence-electron chi connectivity index (χ1n) is 9.98. The molecule has 2 aliphatic rings. The number of aryl methyl sites for hydroxylation is 2. The highest BCUT2D eigenvalue weighted by Gasteiger charge is 2.41. The first-order chi connectivity index (χ1) is 13.9. The summed E-state index contributed by atoms with van der Waals surface area (Å²) in [7, 11) is 0. The summed E-state index contributed by atoms with van der Waals surface area (Å²) in [4.78, 5) is 26.9. The molecule has 1 spiro atoms. The van der Waals surface area contributed by atoms with E-state index in [2.05, 4.69) is 15.8 Å². The molecule has 1 fully saturated rings. The molecular formula is C21H25FN4O3. The number of nitrogens with zero attached hydrogens (tertiary/aromatic N) is 2. The van der Waals surface area contributed by atoms with Gasteiger partial charge in [0.1, 0.15) is 11.6 Å². The summed E-state index contributed by atoms with van der Waals surface area (Å²) in [5.74, 6) is 0.265. The second-order valence-electron chi connectivity index (χ2n) is 7.86. The van der Waals surface area contributed by atoms with E-state index >= 15 is 0 Å². The van der Waals surface area contributed by atoms with Crippen LogP contribution in [-0.4, -0.2) is 40.5 Å². The van der Waals surface area contributed by atoms with Crippen molar-refractivity contribution in [3.8, 4) is 0 Å². The van der Waals surface area contributed by atoms with E-state index in [0.717, 1.165) is 23.4 Å². The Morgan fingerprint density at radius 2 is 2.14 bits per heavy atom. The van der Waals surface area contributed by atoms with E-state index in [4.69, 9.17) is 4.52 Å². The molecule has 0 atom stereocenters. The quantitative estimate of drug-likeness (QED) is 0.824. The van der Waals surface area contributed by atoms with Crippen LogP contribution < -0.4 is 10.6 Å². The van der Waals surface area contributed by atoms with Crippen LogP contribution in [-0.2, 0) is 13.0 Å². The maximum Gasteiger partial charge on any atom is 0.317 e. The van der Waals surface area contributed by atoms with Crippen LogP contribution in [0, 0.1) is 12.7 Å². The van der Waals surface area contributed by atoms with E-state index in [1.807, 2.05) is 13.8 Å². The van der Waals surface area contributed by atoms with Gasteiger partial charge in [-0.3, -0.25) is 4.79 Å². The molecule has 0 saturated carbocycles. The van der Waals surface area contributed by atoms with Gasteiger partial charge in [0.25, 0.3) is 0 Å². The van der Waals surface area contributed by atoms with Crippen LogP contribution in [0.15, 0.2) is 22.7 Å². The van der Waals surface area contributed by atoms with Crippen LogP contribution in [0.1, 0.15) is 53.6 Å². The maximum atomic E-state index is 13.4. The molecular weight excluding hydrogens is 375 g/mol. The van der Waals surface area contributed by atoms with Gasteiger partial charge < -0.3 is 20.1 Å². The number of carbonyl (C=O) groups is 2. The first kappa shape index (κ1) is 19.4. The fraction of sp³-hybridized carbons (Fsp3) is 0.476. The van der Waals surface area contributed by atoms with Crippen molar-refractivity contribution in [2.24, 2.45) is 0 Å². The van der Waals surface area contributed by atoms with Crippen LogP contribution in [0.3, 0.4) is 0 Å². The summed E-state index contributed by atoms with van der Waals surface area (Å²) >= 11 is 0. The minimum Gasteiger partial charge on any atom is -0.378 e. The van der Waals surface area contributed by atoms with Gasteiger partial charge >= 0.3 is 6.03 Å². The topological polar surface area (TPSA) is 87.5 Å². The minimum absolute atomic E-state index is 0.0498. The number of likely N-dealkylation sites (tertiary alicyclic amines) is 1. The van der Waals surface area contributed by atoms with E-state index < -0.39 is 5.82 Å². The Kier molecular flexibility index (Phi) is 5.02. The van der Waals surface area contributed by atoms with E-state index in [-0.39, 0.29) is 17.4 Å². The Morgan fingerprint density at radius 3 is 2.86 bits per heavy atom. The zero-order valence-corrected chi connectivity index (χ0v) is 16.7. The third kappa shape index (κ3) is 3.71. The average molecular weight is 400 g/mol. The zero-order chi connectivity index (χ0) is 20.6. The fourth-order valence-corrected chi connectivity index (χ4v) is 4.25. The van der Waals surface area contributed by atoms with Crippen molar-refractivity contribution in [2.75, 3.05) is 18.4 Å². The van der Waals surface area contributed by atoms with E-state index in [0.29, 0.717) is 50.1 Å². The van der Waals surface area contributed by atoms with Crippen LogP contribution >= 0.6 is 0 Å². The molecule has 2 aliphatic heterocycles. The molecule has 2 amide bonds. The number of hydrogen-bond acceptors (Lipinski definition) is 5. The molecule has 0 aliphatic carbocycles. The molecule has 0 bridgehead atoms. The number of carbonyl (C=O) groups excluding carboxylic acids is 2. The Labute approximate surface area is 168 Å². The molecule has 1 aromatic heterocycles. The van der Waals surface area contributed by atoms with Crippen molar-refractivity contribution >= 4 is 17.5 Å². The van der Waals surface area contributed by atoms with Crippen LogP contribution in [0.4, 0.5) is 14.9 Å². The molecule has 8 heteroatoms. The summed E-state index contributed by atoms with van der Waals surface area (Å²) in [6.07, 6.45) is 2.39. The number of piperidine rings is 1.